The van der Waals surface area contributed by atoms with Crippen molar-refractivity contribution in [3.05, 3.63) is 65.5 Å². The summed E-state index contributed by atoms with van der Waals surface area (Å²) < 4.78 is 12.9. The van der Waals surface area contributed by atoms with Gasteiger partial charge >= 0.3 is 0 Å². The first kappa shape index (κ1) is 13.1. The zero-order valence-electron chi connectivity index (χ0n) is 10.3. The fraction of sp³-hybridized carbons (Fsp3) is 0.133. The quantitative estimate of drug-likeness (QED) is 0.885. The van der Waals surface area contributed by atoms with Crippen LogP contribution in [-0.2, 0) is 17.8 Å². The third-order valence-electron chi connectivity index (χ3n) is 2.65. The van der Waals surface area contributed by atoms with Crippen molar-refractivity contribution in [2.75, 3.05) is 0 Å². The highest BCUT2D eigenvalue weighted by Crippen LogP contribution is 2.11. The molecule has 2 aromatic carbocycles. The van der Waals surface area contributed by atoms with E-state index in [0.29, 0.717) is 5.56 Å². The molecule has 2 aromatic rings. The summed E-state index contributed by atoms with van der Waals surface area (Å²) >= 11 is 0. The Hall–Kier alpha value is -2.36. The molecule has 0 aliphatic heterocycles. The third-order valence-corrected chi connectivity index (χ3v) is 2.65. The lowest BCUT2D eigenvalue weighted by molar-refractivity contribution is -0.120. The van der Waals surface area contributed by atoms with Gasteiger partial charge in [-0.15, -0.1) is 0 Å². The van der Waals surface area contributed by atoms with Crippen molar-refractivity contribution < 1.29 is 14.3 Å². The van der Waals surface area contributed by atoms with Crippen LogP contribution in [0.2, 0.25) is 0 Å². The Morgan fingerprint density at radius 3 is 2.58 bits per heavy atom. The number of carbonyl (C=O) groups excluding carboxylic acids is 1. The third kappa shape index (κ3) is 4.10. The Morgan fingerprint density at radius 1 is 1.11 bits per heavy atom. The topological polar surface area (TPSA) is 49.3 Å². The fourth-order valence-corrected chi connectivity index (χ4v) is 1.76. The molecule has 0 radical (unpaired) electrons. The summed E-state index contributed by atoms with van der Waals surface area (Å²) in [4.78, 5) is 11.7. The van der Waals surface area contributed by atoms with Crippen LogP contribution >= 0.6 is 0 Å². The van der Waals surface area contributed by atoms with E-state index in [1.165, 1.54) is 12.1 Å². The number of nitrogens with one attached hydrogen (secondary N) is 1. The summed E-state index contributed by atoms with van der Waals surface area (Å²) in [5.74, 6) is -0.356. The van der Waals surface area contributed by atoms with E-state index in [-0.39, 0.29) is 30.4 Å². The highest BCUT2D eigenvalue weighted by atomic mass is 19.1. The summed E-state index contributed by atoms with van der Waals surface area (Å²) in [5.41, 5.74) is 1.45. The van der Waals surface area contributed by atoms with Gasteiger partial charge in [0.1, 0.15) is 11.6 Å². The van der Waals surface area contributed by atoms with Crippen LogP contribution in [0.4, 0.5) is 4.39 Å². The molecule has 0 saturated carbocycles. The average molecular weight is 259 g/mol. The minimum absolute atomic E-state index is 0.135. The second kappa shape index (κ2) is 6.00. The van der Waals surface area contributed by atoms with E-state index < -0.39 is 0 Å². The summed E-state index contributed by atoms with van der Waals surface area (Å²) in [6, 6.07) is 12.6. The van der Waals surface area contributed by atoms with E-state index in [4.69, 9.17) is 0 Å². The van der Waals surface area contributed by atoms with E-state index in [1.807, 2.05) is 0 Å². The molecule has 3 nitrogen and oxygen atoms in total. The lowest BCUT2D eigenvalue weighted by atomic mass is 10.1. The minimum atomic E-state index is -0.320. The molecule has 0 saturated heterocycles. The number of halogens is 1. The lowest BCUT2D eigenvalue weighted by Gasteiger charge is -2.06. The van der Waals surface area contributed by atoms with Gasteiger partial charge in [0.15, 0.2) is 0 Å². The standard InChI is InChI=1S/C15H14FNO2/c16-13-5-1-4-12(7-13)10-17-15(19)9-11-3-2-6-14(18)8-11/h1-8,18H,9-10H2,(H,17,19). The smallest absolute Gasteiger partial charge is 0.224 e. The van der Waals surface area contributed by atoms with Gasteiger partial charge < -0.3 is 10.4 Å². The van der Waals surface area contributed by atoms with Gasteiger partial charge in [-0.1, -0.05) is 24.3 Å². The van der Waals surface area contributed by atoms with Gasteiger partial charge in [0, 0.05) is 6.54 Å². The molecule has 98 valence electrons. The van der Waals surface area contributed by atoms with E-state index in [1.54, 1.807) is 36.4 Å². The first-order valence-electron chi connectivity index (χ1n) is 5.92. The monoisotopic (exact) mass is 259 g/mol. The number of carbonyl (C=O) groups is 1. The molecule has 0 atom stereocenters. The molecule has 2 rings (SSSR count). The lowest BCUT2D eigenvalue weighted by Crippen LogP contribution is -2.24. The molecule has 0 fully saturated rings. The molecule has 0 heterocycles. The van der Waals surface area contributed by atoms with Crippen molar-refractivity contribution in [1.82, 2.24) is 5.32 Å². The van der Waals surface area contributed by atoms with Gasteiger partial charge in [-0.25, -0.2) is 4.39 Å². The van der Waals surface area contributed by atoms with E-state index in [9.17, 15) is 14.3 Å². The highest BCUT2D eigenvalue weighted by Gasteiger charge is 2.04. The Balaban J connectivity index is 1.88. The van der Waals surface area contributed by atoms with Crippen LogP contribution in [0.25, 0.3) is 0 Å². The molecule has 0 aromatic heterocycles. The minimum Gasteiger partial charge on any atom is -0.508 e. The largest absolute Gasteiger partial charge is 0.508 e. The van der Waals surface area contributed by atoms with E-state index in [2.05, 4.69) is 5.32 Å². The normalized spacial score (nSPS) is 10.2. The van der Waals surface area contributed by atoms with Gasteiger partial charge in [0.05, 0.1) is 6.42 Å². The SMILES string of the molecule is O=C(Cc1cccc(O)c1)NCc1cccc(F)c1. The molecule has 0 aliphatic carbocycles. The molecule has 0 spiro atoms. The van der Waals surface area contributed by atoms with Crippen molar-refractivity contribution in [1.29, 1.82) is 0 Å². The van der Waals surface area contributed by atoms with Gasteiger partial charge in [0.25, 0.3) is 0 Å². The van der Waals surface area contributed by atoms with Crippen molar-refractivity contribution in [2.45, 2.75) is 13.0 Å². The van der Waals surface area contributed by atoms with Crippen LogP contribution in [0.15, 0.2) is 48.5 Å². The number of aromatic hydroxyl groups is 1. The molecular weight excluding hydrogens is 245 g/mol. The van der Waals surface area contributed by atoms with Crippen molar-refractivity contribution >= 4 is 5.91 Å². The molecule has 1 amide bonds. The van der Waals surface area contributed by atoms with Crippen LogP contribution in [0.5, 0.6) is 5.75 Å². The second-order valence-corrected chi connectivity index (χ2v) is 4.25. The molecule has 19 heavy (non-hydrogen) atoms. The van der Waals surface area contributed by atoms with Gasteiger partial charge in [-0.3, -0.25) is 4.79 Å². The zero-order valence-corrected chi connectivity index (χ0v) is 10.3. The molecule has 0 aliphatic rings. The first-order valence-corrected chi connectivity index (χ1v) is 5.92. The zero-order chi connectivity index (χ0) is 13.7. The Labute approximate surface area is 110 Å². The summed E-state index contributed by atoms with van der Waals surface area (Å²) in [7, 11) is 0. The van der Waals surface area contributed by atoms with Crippen LogP contribution < -0.4 is 5.32 Å². The maximum absolute atomic E-state index is 12.9. The number of rotatable bonds is 4. The predicted octanol–water partition coefficient (Wildman–Crippen LogP) is 2.39. The molecule has 4 heteroatoms. The van der Waals surface area contributed by atoms with Crippen LogP contribution in [0.1, 0.15) is 11.1 Å². The van der Waals surface area contributed by atoms with Crippen LogP contribution in [0, 0.1) is 5.82 Å². The maximum Gasteiger partial charge on any atom is 0.224 e. The summed E-state index contributed by atoms with van der Waals surface area (Å²) in [5, 5.41) is 12.0. The Morgan fingerprint density at radius 2 is 1.84 bits per heavy atom. The summed E-state index contributed by atoms with van der Waals surface area (Å²) in [6.07, 6.45) is 0.184. The maximum atomic E-state index is 12.9. The number of hydrogen-bond donors (Lipinski definition) is 2. The molecular formula is C15H14FNO2. The Bertz CT molecular complexity index is 584. The van der Waals surface area contributed by atoms with Crippen molar-refractivity contribution in [3.63, 3.8) is 0 Å². The number of amides is 1. The van der Waals surface area contributed by atoms with Crippen LogP contribution in [-0.4, -0.2) is 11.0 Å². The van der Waals surface area contributed by atoms with Gasteiger partial charge in [0.2, 0.25) is 5.91 Å². The molecule has 2 N–H and O–H groups in total. The molecule has 0 bridgehead atoms. The average Bonchev–Trinajstić information content (AvgIpc) is 2.36. The van der Waals surface area contributed by atoms with E-state index in [0.717, 1.165) is 5.56 Å². The second-order valence-electron chi connectivity index (χ2n) is 4.25. The number of phenolic OH excluding ortho intramolecular Hbond substituents is 1. The number of benzene rings is 2. The first-order chi connectivity index (χ1) is 9.13. The summed E-state index contributed by atoms with van der Waals surface area (Å²) in [6.45, 7) is 0.287. The highest BCUT2D eigenvalue weighted by molar-refractivity contribution is 5.78. The number of phenols is 1. The van der Waals surface area contributed by atoms with Gasteiger partial charge in [-0.05, 0) is 35.4 Å². The van der Waals surface area contributed by atoms with E-state index >= 15 is 0 Å². The van der Waals surface area contributed by atoms with Gasteiger partial charge in [-0.2, -0.15) is 0 Å². The fourth-order valence-electron chi connectivity index (χ4n) is 1.76. The Kier molecular flexibility index (Phi) is 4.13. The predicted molar refractivity (Wildman–Crippen MR) is 70.1 cm³/mol. The van der Waals surface area contributed by atoms with Crippen molar-refractivity contribution in [2.24, 2.45) is 0 Å². The molecule has 0 unspecified atom stereocenters. The number of hydrogen-bond acceptors (Lipinski definition) is 2. The van der Waals surface area contributed by atoms with Crippen molar-refractivity contribution in [3.8, 4) is 5.75 Å². The van der Waals surface area contributed by atoms with Crippen LogP contribution in [0.3, 0.4) is 0 Å².